The van der Waals surface area contributed by atoms with E-state index in [0.717, 1.165) is 17.7 Å². The first-order valence-corrected chi connectivity index (χ1v) is 6.20. The standard InChI is InChI=1S/C14H22N2O2/c1-10-11(2)13(18-3)5-4-12(10)7-9-16-14(17)6-8-15/h4-5H,6-9,15H2,1-3H3,(H,16,17). The van der Waals surface area contributed by atoms with Crippen LogP contribution in [-0.4, -0.2) is 26.1 Å². The van der Waals surface area contributed by atoms with Crippen LogP contribution in [0.1, 0.15) is 23.1 Å². The Morgan fingerprint density at radius 3 is 2.67 bits per heavy atom. The third kappa shape index (κ3) is 3.74. The largest absolute Gasteiger partial charge is 0.496 e. The molecule has 3 N–H and O–H groups in total. The monoisotopic (exact) mass is 250 g/mol. The zero-order valence-corrected chi connectivity index (χ0v) is 11.4. The molecule has 1 amide bonds. The van der Waals surface area contributed by atoms with Gasteiger partial charge in [0.05, 0.1) is 7.11 Å². The summed E-state index contributed by atoms with van der Waals surface area (Å²) < 4.78 is 5.27. The summed E-state index contributed by atoms with van der Waals surface area (Å²) in [6.45, 7) is 5.16. The number of methoxy groups -OCH3 is 1. The van der Waals surface area contributed by atoms with E-state index in [1.807, 2.05) is 13.0 Å². The van der Waals surface area contributed by atoms with Gasteiger partial charge in [-0.3, -0.25) is 4.79 Å². The van der Waals surface area contributed by atoms with Crippen LogP contribution in [0.4, 0.5) is 0 Å². The van der Waals surface area contributed by atoms with Crippen LogP contribution in [0.3, 0.4) is 0 Å². The number of carbonyl (C=O) groups excluding carboxylic acids is 1. The van der Waals surface area contributed by atoms with Gasteiger partial charge >= 0.3 is 0 Å². The van der Waals surface area contributed by atoms with Crippen LogP contribution in [-0.2, 0) is 11.2 Å². The first-order valence-electron chi connectivity index (χ1n) is 6.20. The minimum atomic E-state index is 0.0142. The molecule has 0 spiro atoms. The molecule has 0 heterocycles. The van der Waals surface area contributed by atoms with E-state index in [4.69, 9.17) is 10.5 Å². The molecule has 0 fully saturated rings. The first kappa shape index (κ1) is 14.5. The van der Waals surface area contributed by atoms with E-state index in [1.165, 1.54) is 11.1 Å². The first-order chi connectivity index (χ1) is 8.60. The molecule has 1 rings (SSSR count). The summed E-state index contributed by atoms with van der Waals surface area (Å²) in [5, 5.41) is 2.86. The van der Waals surface area contributed by atoms with Crippen LogP contribution in [0.2, 0.25) is 0 Å². The lowest BCUT2D eigenvalue weighted by molar-refractivity contribution is -0.120. The highest BCUT2D eigenvalue weighted by Gasteiger charge is 2.07. The lowest BCUT2D eigenvalue weighted by Crippen LogP contribution is -2.27. The molecule has 18 heavy (non-hydrogen) atoms. The molecule has 0 aliphatic heterocycles. The van der Waals surface area contributed by atoms with Crippen LogP contribution < -0.4 is 15.8 Å². The van der Waals surface area contributed by atoms with Crippen molar-refractivity contribution < 1.29 is 9.53 Å². The number of nitrogens with one attached hydrogen (secondary N) is 1. The van der Waals surface area contributed by atoms with Crippen molar-refractivity contribution in [3.8, 4) is 5.75 Å². The molecule has 0 radical (unpaired) electrons. The van der Waals surface area contributed by atoms with Crippen molar-refractivity contribution in [2.75, 3.05) is 20.2 Å². The van der Waals surface area contributed by atoms with Crippen LogP contribution in [0.15, 0.2) is 12.1 Å². The summed E-state index contributed by atoms with van der Waals surface area (Å²) >= 11 is 0. The predicted molar refractivity (Wildman–Crippen MR) is 72.9 cm³/mol. The van der Waals surface area contributed by atoms with Crippen molar-refractivity contribution >= 4 is 5.91 Å². The van der Waals surface area contributed by atoms with Crippen molar-refractivity contribution in [1.29, 1.82) is 0 Å². The highest BCUT2D eigenvalue weighted by molar-refractivity contribution is 5.76. The summed E-state index contributed by atoms with van der Waals surface area (Å²) in [5.74, 6) is 0.920. The fourth-order valence-corrected chi connectivity index (χ4v) is 1.90. The molecule has 0 unspecified atom stereocenters. The molecule has 4 nitrogen and oxygen atoms in total. The number of benzene rings is 1. The number of hydrogen-bond donors (Lipinski definition) is 2. The molecule has 100 valence electrons. The third-order valence-electron chi connectivity index (χ3n) is 3.16. The second kappa shape index (κ2) is 7.01. The van der Waals surface area contributed by atoms with Gasteiger partial charge in [-0.05, 0) is 43.0 Å². The van der Waals surface area contributed by atoms with Crippen LogP contribution in [0, 0.1) is 13.8 Å². The van der Waals surface area contributed by atoms with E-state index >= 15 is 0 Å². The minimum Gasteiger partial charge on any atom is -0.496 e. The van der Waals surface area contributed by atoms with E-state index in [2.05, 4.69) is 18.3 Å². The Morgan fingerprint density at radius 2 is 2.06 bits per heavy atom. The summed E-state index contributed by atoms with van der Waals surface area (Å²) in [5.41, 5.74) is 8.93. The topological polar surface area (TPSA) is 64.3 Å². The van der Waals surface area contributed by atoms with Gasteiger partial charge in [0, 0.05) is 19.5 Å². The van der Waals surface area contributed by atoms with E-state index in [1.54, 1.807) is 7.11 Å². The molecule has 0 aromatic heterocycles. The Labute approximate surface area is 109 Å². The Balaban J connectivity index is 2.58. The number of ether oxygens (including phenoxy) is 1. The normalized spacial score (nSPS) is 10.2. The molecular formula is C14H22N2O2. The SMILES string of the molecule is COc1ccc(CCNC(=O)CCN)c(C)c1C. The van der Waals surface area contributed by atoms with Gasteiger partial charge in [-0.2, -0.15) is 0 Å². The number of rotatable bonds is 6. The number of hydrogen-bond acceptors (Lipinski definition) is 3. The van der Waals surface area contributed by atoms with Gasteiger partial charge in [0.25, 0.3) is 0 Å². The summed E-state index contributed by atoms with van der Waals surface area (Å²) in [6, 6.07) is 4.02. The number of carbonyl (C=O) groups is 1. The Morgan fingerprint density at radius 1 is 1.33 bits per heavy atom. The summed E-state index contributed by atoms with van der Waals surface area (Å²) in [4.78, 5) is 11.3. The van der Waals surface area contributed by atoms with Crippen molar-refractivity contribution in [2.24, 2.45) is 5.73 Å². The second-order valence-corrected chi connectivity index (χ2v) is 4.32. The zero-order valence-electron chi connectivity index (χ0n) is 11.4. The molecule has 0 atom stereocenters. The van der Waals surface area contributed by atoms with E-state index in [9.17, 15) is 4.79 Å². The number of amides is 1. The lowest BCUT2D eigenvalue weighted by Gasteiger charge is -2.12. The maximum Gasteiger partial charge on any atom is 0.221 e. The minimum absolute atomic E-state index is 0.0142. The highest BCUT2D eigenvalue weighted by atomic mass is 16.5. The second-order valence-electron chi connectivity index (χ2n) is 4.32. The molecule has 0 aliphatic carbocycles. The van der Waals surface area contributed by atoms with Gasteiger partial charge in [0.1, 0.15) is 5.75 Å². The van der Waals surface area contributed by atoms with E-state index in [-0.39, 0.29) is 5.91 Å². The predicted octanol–water partition coefficient (Wildman–Crippen LogP) is 1.32. The van der Waals surface area contributed by atoms with Gasteiger partial charge in [0.15, 0.2) is 0 Å². The molecule has 4 heteroatoms. The Hall–Kier alpha value is -1.55. The fraction of sp³-hybridized carbons (Fsp3) is 0.500. The van der Waals surface area contributed by atoms with Crippen molar-refractivity contribution in [1.82, 2.24) is 5.32 Å². The third-order valence-corrected chi connectivity index (χ3v) is 3.16. The summed E-state index contributed by atoms with van der Waals surface area (Å²) in [7, 11) is 1.68. The zero-order chi connectivity index (χ0) is 13.5. The van der Waals surface area contributed by atoms with E-state index in [0.29, 0.717) is 19.5 Å². The van der Waals surface area contributed by atoms with Gasteiger partial charge < -0.3 is 15.8 Å². The molecule has 0 saturated carbocycles. The lowest BCUT2D eigenvalue weighted by atomic mass is 10.00. The van der Waals surface area contributed by atoms with Crippen molar-refractivity contribution in [3.05, 3.63) is 28.8 Å². The fourth-order valence-electron chi connectivity index (χ4n) is 1.90. The van der Waals surface area contributed by atoms with Gasteiger partial charge in [-0.1, -0.05) is 6.07 Å². The average Bonchev–Trinajstić information content (AvgIpc) is 2.35. The summed E-state index contributed by atoms with van der Waals surface area (Å²) in [6.07, 6.45) is 1.22. The smallest absolute Gasteiger partial charge is 0.221 e. The van der Waals surface area contributed by atoms with E-state index < -0.39 is 0 Å². The Bertz CT molecular complexity index is 417. The quantitative estimate of drug-likeness (QED) is 0.800. The van der Waals surface area contributed by atoms with Gasteiger partial charge in [0.2, 0.25) is 5.91 Å². The van der Waals surface area contributed by atoms with Gasteiger partial charge in [-0.25, -0.2) is 0 Å². The van der Waals surface area contributed by atoms with Crippen molar-refractivity contribution in [2.45, 2.75) is 26.7 Å². The van der Waals surface area contributed by atoms with Crippen LogP contribution in [0.25, 0.3) is 0 Å². The maximum atomic E-state index is 11.3. The average molecular weight is 250 g/mol. The molecule has 1 aromatic rings. The molecular weight excluding hydrogens is 228 g/mol. The Kier molecular flexibility index (Phi) is 5.65. The highest BCUT2D eigenvalue weighted by Crippen LogP contribution is 2.23. The molecule has 0 bridgehead atoms. The molecule has 1 aromatic carbocycles. The number of nitrogens with two attached hydrogens (primary N) is 1. The van der Waals surface area contributed by atoms with Crippen molar-refractivity contribution in [3.63, 3.8) is 0 Å². The molecule has 0 aliphatic rings. The molecule has 0 saturated heterocycles. The van der Waals surface area contributed by atoms with Gasteiger partial charge in [-0.15, -0.1) is 0 Å². The van der Waals surface area contributed by atoms with Crippen LogP contribution in [0.5, 0.6) is 5.75 Å². The van der Waals surface area contributed by atoms with Crippen LogP contribution >= 0.6 is 0 Å². The maximum absolute atomic E-state index is 11.3.